The van der Waals surface area contributed by atoms with Crippen molar-refractivity contribution in [3.8, 4) is 0 Å². The summed E-state index contributed by atoms with van der Waals surface area (Å²) in [5.74, 6) is 0.0751. The van der Waals surface area contributed by atoms with E-state index in [9.17, 15) is 14.9 Å². The second-order valence-electron chi connectivity index (χ2n) is 4.06. The Morgan fingerprint density at radius 2 is 2.24 bits per heavy atom. The minimum absolute atomic E-state index is 0.0732. The number of halogens is 1. The molecule has 0 saturated carbocycles. The third kappa shape index (κ3) is 3.54. The predicted octanol–water partition coefficient (Wildman–Crippen LogP) is 3.02. The van der Waals surface area contributed by atoms with E-state index in [0.29, 0.717) is 21.4 Å². The van der Waals surface area contributed by atoms with Gasteiger partial charge in [-0.2, -0.15) is 5.10 Å². The number of nitrogens with one attached hydrogen (secondary N) is 1. The Morgan fingerprint density at radius 1 is 1.48 bits per heavy atom. The van der Waals surface area contributed by atoms with Crippen molar-refractivity contribution in [3.63, 3.8) is 0 Å². The highest BCUT2D eigenvalue weighted by Gasteiger charge is 2.12. The van der Waals surface area contributed by atoms with Crippen molar-refractivity contribution in [2.45, 2.75) is 6.92 Å². The first-order valence-electron chi connectivity index (χ1n) is 5.80. The number of rotatable bonds is 4. The van der Waals surface area contributed by atoms with E-state index in [4.69, 9.17) is 4.42 Å². The number of carbonyl (C=O) groups is 1. The molecular formula is C13H10BrN3O4. The Morgan fingerprint density at radius 3 is 2.86 bits per heavy atom. The molecule has 0 aliphatic rings. The quantitative estimate of drug-likeness (QED) is 0.519. The molecule has 2 aromatic rings. The van der Waals surface area contributed by atoms with Crippen LogP contribution in [0.3, 0.4) is 0 Å². The van der Waals surface area contributed by atoms with Gasteiger partial charge in [-0.1, -0.05) is 6.07 Å². The highest BCUT2D eigenvalue weighted by molar-refractivity contribution is 9.10. The summed E-state index contributed by atoms with van der Waals surface area (Å²) < 4.78 is 5.39. The zero-order valence-corrected chi connectivity index (χ0v) is 12.5. The molecule has 1 heterocycles. The lowest BCUT2D eigenvalue weighted by molar-refractivity contribution is -0.385. The SMILES string of the molecule is Cc1occc1C(=O)N/N=C/c1ccc(Br)c([N+](=O)[O-])c1. The molecule has 7 nitrogen and oxygen atoms in total. The Labute approximate surface area is 127 Å². The third-order valence-corrected chi connectivity index (χ3v) is 3.32. The van der Waals surface area contributed by atoms with Crippen LogP contribution in [0.25, 0.3) is 0 Å². The third-order valence-electron chi connectivity index (χ3n) is 2.65. The van der Waals surface area contributed by atoms with Crippen LogP contribution in [0.15, 0.2) is 44.5 Å². The maximum atomic E-state index is 11.7. The Hall–Kier alpha value is -2.48. The first kappa shape index (κ1) is 14.9. The number of hydrogen-bond donors (Lipinski definition) is 1. The molecule has 0 unspecified atom stereocenters. The fourth-order valence-corrected chi connectivity index (χ4v) is 1.99. The molecule has 0 bridgehead atoms. The van der Waals surface area contributed by atoms with Crippen LogP contribution in [-0.4, -0.2) is 17.0 Å². The number of carbonyl (C=O) groups excluding carboxylic acids is 1. The van der Waals surface area contributed by atoms with Crippen LogP contribution in [0, 0.1) is 17.0 Å². The number of nitro benzene ring substituents is 1. The van der Waals surface area contributed by atoms with Gasteiger partial charge in [0.25, 0.3) is 11.6 Å². The molecule has 21 heavy (non-hydrogen) atoms. The van der Waals surface area contributed by atoms with E-state index in [0.717, 1.165) is 0 Å². The maximum absolute atomic E-state index is 11.7. The summed E-state index contributed by atoms with van der Waals surface area (Å²) in [6.07, 6.45) is 2.73. The van der Waals surface area contributed by atoms with Gasteiger partial charge in [-0.3, -0.25) is 14.9 Å². The number of furan rings is 1. The first-order valence-corrected chi connectivity index (χ1v) is 6.60. The van der Waals surface area contributed by atoms with Crippen molar-refractivity contribution >= 4 is 33.7 Å². The van der Waals surface area contributed by atoms with E-state index in [1.165, 1.54) is 24.6 Å². The Bertz CT molecular complexity index is 724. The number of hydrogen-bond acceptors (Lipinski definition) is 5. The smallest absolute Gasteiger partial charge is 0.284 e. The molecule has 1 aromatic carbocycles. The van der Waals surface area contributed by atoms with E-state index < -0.39 is 10.8 Å². The van der Waals surface area contributed by atoms with E-state index in [2.05, 4.69) is 26.5 Å². The highest BCUT2D eigenvalue weighted by Crippen LogP contribution is 2.24. The van der Waals surface area contributed by atoms with Gasteiger partial charge in [-0.15, -0.1) is 0 Å². The van der Waals surface area contributed by atoms with E-state index in [1.54, 1.807) is 19.1 Å². The van der Waals surface area contributed by atoms with Crippen molar-refractivity contribution in [1.29, 1.82) is 0 Å². The summed E-state index contributed by atoms with van der Waals surface area (Å²) in [5.41, 5.74) is 3.13. The lowest BCUT2D eigenvalue weighted by atomic mass is 10.2. The molecule has 108 valence electrons. The number of amides is 1. The molecule has 0 fully saturated rings. The van der Waals surface area contributed by atoms with Crippen LogP contribution in [0.2, 0.25) is 0 Å². The molecule has 0 atom stereocenters. The van der Waals surface area contributed by atoms with Crippen LogP contribution in [0.4, 0.5) is 5.69 Å². The molecule has 0 aliphatic carbocycles. The number of hydrazone groups is 1. The second kappa shape index (κ2) is 6.31. The summed E-state index contributed by atoms with van der Waals surface area (Å²) in [6.45, 7) is 1.66. The fraction of sp³-hybridized carbons (Fsp3) is 0.0769. The van der Waals surface area contributed by atoms with Gasteiger partial charge in [0.15, 0.2) is 0 Å². The monoisotopic (exact) mass is 351 g/mol. The summed E-state index contributed by atoms with van der Waals surface area (Å²) in [5, 5.41) is 14.6. The maximum Gasteiger partial charge on any atom is 0.284 e. The lowest BCUT2D eigenvalue weighted by Crippen LogP contribution is -2.17. The van der Waals surface area contributed by atoms with E-state index >= 15 is 0 Å². The number of aryl methyl sites for hydroxylation is 1. The summed E-state index contributed by atoms with van der Waals surface area (Å²) >= 11 is 3.09. The van der Waals surface area contributed by atoms with Gasteiger partial charge in [0.1, 0.15) is 5.76 Å². The van der Waals surface area contributed by atoms with Crippen LogP contribution in [-0.2, 0) is 0 Å². The Balaban J connectivity index is 2.08. The molecule has 1 aromatic heterocycles. The van der Waals surface area contributed by atoms with Crippen molar-refractivity contribution in [3.05, 3.63) is 62.0 Å². The van der Waals surface area contributed by atoms with Crippen LogP contribution in [0.5, 0.6) is 0 Å². The summed E-state index contributed by atoms with van der Waals surface area (Å²) in [6, 6.07) is 6.06. The largest absolute Gasteiger partial charge is 0.469 e. The Kier molecular flexibility index (Phi) is 4.49. The topological polar surface area (TPSA) is 97.7 Å². The van der Waals surface area contributed by atoms with Crippen molar-refractivity contribution in [2.75, 3.05) is 0 Å². The fourth-order valence-electron chi connectivity index (χ4n) is 1.60. The van der Waals surface area contributed by atoms with Crippen molar-refractivity contribution < 1.29 is 14.1 Å². The number of nitrogens with zero attached hydrogens (tertiary/aromatic N) is 2. The summed E-state index contributed by atoms with van der Waals surface area (Å²) in [4.78, 5) is 22.0. The molecular weight excluding hydrogens is 342 g/mol. The van der Waals surface area contributed by atoms with Crippen LogP contribution >= 0.6 is 15.9 Å². The minimum atomic E-state index is -0.505. The molecule has 0 radical (unpaired) electrons. The van der Waals surface area contributed by atoms with Gasteiger partial charge < -0.3 is 4.42 Å². The highest BCUT2D eigenvalue weighted by atomic mass is 79.9. The molecule has 8 heteroatoms. The number of benzene rings is 1. The van der Waals surface area contributed by atoms with Crippen LogP contribution in [0.1, 0.15) is 21.7 Å². The minimum Gasteiger partial charge on any atom is -0.469 e. The molecule has 2 rings (SSSR count). The second-order valence-corrected chi connectivity index (χ2v) is 4.91. The molecule has 0 spiro atoms. The molecule has 0 saturated heterocycles. The van der Waals surface area contributed by atoms with E-state index in [1.807, 2.05) is 0 Å². The van der Waals surface area contributed by atoms with Gasteiger partial charge in [0, 0.05) is 11.6 Å². The zero-order valence-electron chi connectivity index (χ0n) is 10.9. The molecule has 0 aliphatic heterocycles. The van der Waals surface area contributed by atoms with Gasteiger partial charge in [0.2, 0.25) is 0 Å². The first-order chi connectivity index (χ1) is 9.99. The van der Waals surface area contributed by atoms with Gasteiger partial charge >= 0.3 is 0 Å². The number of nitro groups is 1. The van der Waals surface area contributed by atoms with Crippen molar-refractivity contribution in [2.24, 2.45) is 5.10 Å². The zero-order chi connectivity index (χ0) is 15.4. The van der Waals surface area contributed by atoms with Gasteiger partial charge in [-0.05, 0) is 35.0 Å². The van der Waals surface area contributed by atoms with Crippen LogP contribution < -0.4 is 5.43 Å². The average Bonchev–Trinajstić information content (AvgIpc) is 2.86. The predicted molar refractivity (Wildman–Crippen MR) is 79.3 cm³/mol. The molecule has 1 N–H and O–H groups in total. The van der Waals surface area contributed by atoms with Crippen molar-refractivity contribution in [1.82, 2.24) is 5.43 Å². The van der Waals surface area contributed by atoms with E-state index in [-0.39, 0.29) is 5.69 Å². The standard InChI is InChI=1S/C13H10BrN3O4/c1-8-10(4-5-21-8)13(18)16-15-7-9-2-3-11(14)12(6-9)17(19)20/h2-7H,1H3,(H,16,18)/b15-7+. The van der Waals surface area contributed by atoms with Gasteiger partial charge in [0.05, 0.1) is 27.4 Å². The molecule has 1 amide bonds. The lowest BCUT2D eigenvalue weighted by Gasteiger charge is -1.99. The average molecular weight is 352 g/mol. The normalized spacial score (nSPS) is 10.8. The van der Waals surface area contributed by atoms with Gasteiger partial charge in [-0.25, -0.2) is 5.43 Å². The summed E-state index contributed by atoms with van der Waals surface area (Å²) in [7, 11) is 0.